The second kappa shape index (κ2) is 6.17. The van der Waals surface area contributed by atoms with E-state index in [0.29, 0.717) is 13.1 Å². The van der Waals surface area contributed by atoms with Gasteiger partial charge in [0.2, 0.25) is 10.0 Å². The topological polar surface area (TPSA) is 90.0 Å². The molecule has 0 aliphatic carbocycles. The highest BCUT2D eigenvalue weighted by Crippen LogP contribution is 2.12. The Morgan fingerprint density at radius 1 is 1.40 bits per heavy atom. The quantitative estimate of drug-likeness (QED) is 0.821. The maximum atomic E-state index is 12.3. The van der Waals surface area contributed by atoms with Crippen molar-refractivity contribution in [3.63, 3.8) is 0 Å². The molecule has 108 valence electrons. The Balaban J connectivity index is 2.10. The average molecular weight is 294 g/mol. The normalized spacial score (nSPS) is 13.3. The van der Waals surface area contributed by atoms with Crippen molar-refractivity contribution in [2.45, 2.75) is 31.0 Å². The second-order valence-corrected chi connectivity index (χ2v) is 6.32. The lowest BCUT2D eigenvalue weighted by Crippen LogP contribution is -2.35. The summed E-state index contributed by atoms with van der Waals surface area (Å²) in [6.45, 7) is 2.58. The largest absolute Gasteiger partial charge is 0.326 e. The van der Waals surface area contributed by atoms with Crippen LogP contribution in [-0.2, 0) is 23.1 Å². The predicted octanol–water partition coefficient (Wildman–Crippen LogP) is 0.709. The molecule has 0 spiro atoms. The van der Waals surface area contributed by atoms with E-state index >= 15 is 0 Å². The summed E-state index contributed by atoms with van der Waals surface area (Å²) >= 11 is 0. The van der Waals surface area contributed by atoms with E-state index in [1.54, 1.807) is 54.3 Å². The first-order valence-electron chi connectivity index (χ1n) is 6.30. The van der Waals surface area contributed by atoms with Gasteiger partial charge in [-0.15, -0.1) is 0 Å². The number of hydrogen-bond acceptors (Lipinski definition) is 4. The Kier molecular flexibility index (Phi) is 4.53. The molecule has 0 aliphatic rings. The minimum atomic E-state index is -3.54. The molecule has 0 bridgehead atoms. The third kappa shape index (κ3) is 3.66. The molecule has 3 N–H and O–H groups in total. The fourth-order valence-electron chi connectivity index (χ4n) is 1.90. The van der Waals surface area contributed by atoms with Gasteiger partial charge in [0.05, 0.1) is 11.4 Å². The summed E-state index contributed by atoms with van der Waals surface area (Å²) in [6.07, 6.45) is 3.45. The fourth-order valence-corrected chi connectivity index (χ4v) is 3.20. The molecule has 2 rings (SSSR count). The van der Waals surface area contributed by atoms with Gasteiger partial charge in [-0.1, -0.05) is 12.1 Å². The fraction of sp³-hybridized carbons (Fsp3) is 0.308. The summed E-state index contributed by atoms with van der Waals surface area (Å²) in [5.41, 5.74) is 6.31. The van der Waals surface area contributed by atoms with Crippen LogP contribution in [0.25, 0.3) is 0 Å². The first kappa shape index (κ1) is 14.7. The van der Waals surface area contributed by atoms with E-state index < -0.39 is 10.0 Å². The molecular weight excluding hydrogens is 276 g/mol. The smallest absolute Gasteiger partial charge is 0.240 e. The molecule has 20 heavy (non-hydrogen) atoms. The summed E-state index contributed by atoms with van der Waals surface area (Å²) < 4.78 is 28.8. The first-order chi connectivity index (χ1) is 9.51. The van der Waals surface area contributed by atoms with Crippen LogP contribution in [0.1, 0.15) is 12.5 Å². The molecule has 0 aliphatic heterocycles. The summed E-state index contributed by atoms with van der Waals surface area (Å²) in [6, 6.07) is 8.17. The minimum Gasteiger partial charge on any atom is -0.326 e. The van der Waals surface area contributed by atoms with Crippen molar-refractivity contribution in [1.82, 2.24) is 14.5 Å². The number of nitrogens with two attached hydrogens (primary N) is 1. The Bertz CT molecular complexity index is 653. The highest BCUT2D eigenvalue weighted by Gasteiger charge is 2.17. The number of rotatable bonds is 6. The molecule has 0 fully saturated rings. The van der Waals surface area contributed by atoms with E-state index in [9.17, 15) is 8.42 Å². The van der Waals surface area contributed by atoms with E-state index in [-0.39, 0.29) is 10.9 Å². The standard InChI is InChI=1S/C13H18N4O2S/c1-11(10-17-7-3-6-15-17)16-20(18,19)13-5-2-4-12(8-13)9-14/h2-8,11,16H,9-10,14H2,1H3. The number of aromatic nitrogens is 2. The van der Waals surface area contributed by atoms with Crippen LogP contribution in [-0.4, -0.2) is 24.2 Å². The van der Waals surface area contributed by atoms with Gasteiger partial charge in [0.25, 0.3) is 0 Å². The van der Waals surface area contributed by atoms with Crippen LogP contribution in [0.4, 0.5) is 0 Å². The Morgan fingerprint density at radius 2 is 2.20 bits per heavy atom. The van der Waals surface area contributed by atoms with Crippen molar-refractivity contribution in [3.05, 3.63) is 48.3 Å². The van der Waals surface area contributed by atoms with Crippen molar-refractivity contribution in [1.29, 1.82) is 0 Å². The van der Waals surface area contributed by atoms with Crippen molar-refractivity contribution in [2.24, 2.45) is 5.73 Å². The van der Waals surface area contributed by atoms with Crippen molar-refractivity contribution >= 4 is 10.0 Å². The Labute approximate surface area is 118 Å². The van der Waals surface area contributed by atoms with Gasteiger partial charge in [0.1, 0.15) is 0 Å². The van der Waals surface area contributed by atoms with Crippen LogP contribution in [0.15, 0.2) is 47.6 Å². The molecule has 0 saturated carbocycles. The number of nitrogens with zero attached hydrogens (tertiary/aromatic N) is 2. The Morgan fingerprint density at radius 3 is 2.85 bits per heavy atom. The van der Waals surface area contributed by atoms with Crippen LogP contribution < -0.4 is 10.5 Å². The van der Waals surface area contributed by atoms with Gasteiger partial charge in [-0.05, 0) is 30.7 Å². The van der Waals surface area contributed by atoms with Gasteiger partial charge in [-0.25, -0.2) is 13.1 Å². The van der Waals surface area contributed by atoms with E-state index in [1.807, 2.05) is 0 Å². The summed E-state index contributed by atoms with van der Waals surface area (Å²) in [5, 5.41) is 4.05. The average Bonchev–Trinajstić information content (AvgIpc) is 2.91. The highest BCUT2D eigenvalue weighted by atomic mass is 32.2. The zero-order valence-corrected chi connectivity index (χ0v) is 12.0. The molecule has 2 aromatic rings. The maximum absolute atomic E-state index is 12.3. The van der Waals surface area contributed by atoms with Crippen LogP contribution in [0.3, 0.4) is 0 Å². The number of nitrogens with one attached hydrogen (secondary N) is 1. The summed E-state index contributed by atoms with van der Waals surface area (Å²) in [5.74, 6) is 0. The monoisotopic (exact) mass is 294 g/mol. The molecule has 7 heteroatoms. The lowest BCUT2D eigenvalue weighted by atomic mass is 10.2. The second-order valence-electron chi connectivity index (χ2n) is 4.60. The van der Waals surface area contributed by atoms with E-state index in [0.717, 1.165) is 5.56 Å². The molecule has 6 nitrogen and oxygen atoms in total. The highest BCUT2D eigenvalue weighted by molar-refractivity contribution is 7.89. The minimum absolute atomic E-state index is 0.229. The van der Waals surface area contributed by atoms with Crippen molar-refractivity contribution < 1.29 is 8.42 Å². The van der Waals surface area contributed by atoms with Gasteiger partial charge in [0.15, 0.2) is 0 Å². The summed E-state index contributed by atoms with van der Waals surface area (Å²) in [7, 11) is -3.54. The van der Waals surface area contributed by atoms with Gasteiger partial charge in [-0.3, -0.25) is 4.68 Å². The summed E-state index contributed by atoms with van der Waals surface area (Å²) in [4.78, 5) is 0.229. The molecule has 0 amide bonds. The van der Waals surface area contributed by atoms with Crippen LogP contribution >= 0.6 is 0 Å². The Hall–Kier alpha value is -1.70. The van der Waals surface area contributed by atoms with Crippen molar-refractivity contribution in [2.75, 3.05) is 0 Å². The molecule has 1 heterocycles. The molecule has 0 saturated heterocycles. The zero-order valence-electron chi connectivity index (χ0n) is 11.2. The molecule has 1 atom stereocenters. The maximum Gasteiger partial charge on any atom is 0.240 e. The van der Waals surface area contributed by atoms with Crippen LogP contribution in [0.2, 0.25) is 0 Å². The molecule has 1 aromatic heterocycles. The van der Waals surface area contributed by atoms with Gasteiger partial charge >= 0.3 is 0 Å². The first-order valence-corrected chi connectivity index (χ1v) is 7.78. The molecule has 0 radical (unpaired) electrons. The molecule has 1 unspecified atom stereocenters. The third-order valence-corrected chi connectivity index (χ3v) is 4.41. The van der Waals surface area contributed by atoms with Crippen molar-refractivity contribution in [3.8, 4) is 0 Å². The lowest BCUT2D eigenvalue weighted by Gasteiger charge is -2.14. The molecular formula is C13H18N4O2S. The zero-order chi connectivity index (χ0) is 14.6. The van der Waals surface area contributed by atoms with Crippen LogP contribution in [0, 0.1) is 0 Å². The molecule has 1 aromatic carbocycles. The number of hydrogen-bond donors (Lipinski definition) is 2. The van der Waals surface area contributed by atoms with E-state index in [2.05, 4.69) is 9.82 Å². The van der Waals surface area contributed by atoms with Gasteiger partial charge in [-0.2, -0.15) is 5.10 Å². The van der Waals surface area contributed by atoms with Gasteiger partial charge < -0.3 is 5.73 Å². The SMILES string of the molecule is CC(Cn1cccn1)NS(=O)(=O)c1cccc(CN)c1. The number of sulfonamides is 1. The van der Waals surface area contributed by atoms with E-state index in [4.69, 9.17) is 5.73 Å². The van der Waals surface area contributed by atoms with E-state index in [1.165, 1.54) is 0 Å². The van der Waals surface area contributed by atoms with Crippen LogP contribution in [0.5, 0.6) is 0 Å². The third-order valence-electron chi connectivity index (χ3n) is 2.82. The predicted molar refractivity (Wildman–Crippen MR) is 76.3 cm³/mol. The van der Waals surface area contributed by atoms with Gasteiger partial charge in [0, 0.05) is 25.0 Å². The number of benzene rings is 1. The lowest BCUT2D eigenvalue weighted by molar-refractivity contribution is 0.494.